The van der Waals surface area contributed by atoms with E-state index in [1.54, 1.807) is 0 Å². The minimum Gasteiger partial charge on any atom is -0.355 e. The zero-order chi connectivity index (χ0) is 20.5. The number of aromatic nitrogens is 1. The minimum atomic E-state index is -0.350. The predicted octanol–water partition coefficient (Wildman–Crippen LogP) is 3.91. The van der Waals surface area contributed by atoms with E-state index in [-0.39, 0.29) is 29.8 Å². The molecule has 1 heterocycles. The Morgan fingerprint density at radius 1 is 1.03 bits per heavy atom. The number of amides is 2. The summed E-state index contributed by atoms with van der Waals surface area (Å²) in [4.78, 5) is 28.4. The molecule has 2 N–H and O–H groups in total. The largest absolute Gasteiger partial charge is 0.355 e. The highest BCUT2D eigenvalue weighted by molar-refractivity contribution is 8.01. The lowest BCUT2D eigenvalue weighted by Gasteiger charge is -2.04. The lowest BCUT2D eigenvalue weighted by atomic mass is 10.1. The van der Waals surface area contributed by atoms with Crippen molar-refractivity contribution in [2.45, 2.75) is 17.2 Å². The fourth-order valence-corrected chi connectivity index (χ4v) is 4.16. The molecule has 0 unspecified atom stereocenters. The van der Waals surface area contributed by atoms with E-state index in [1.807, 2.05) is 35.7 Å². The maximum absolute atomic E-state index is 12.9. The van der Waals surface area contributed by atoms with Crippen LogP contribution in [0.2, 0.25) is 0 Å². The third kappa shape index (κ3) is 7.32. The molecule has 0 atom stereocenters. The van der Waals surface area contributed by atoms with Gasteiger partial charge in [0, 0.05) is 17.6 Å². The van der Waals surface area contributed by atoms with Crippen molar-refractivity contribution in [1.82, 2.24) is 10.3 Å². The van der Waals surface area contributed by atoms with Crippen LogP contribution in [-0.2, 0) is 22.4 Å². The summed E-state index contributed by atoms with van der Waals surface area (Å²) in [5.41, 5.74) is 2.41. The second-order valence-corrected chi connectivity index (χ2v) is 8.29. The van der Waals surface area contributed by atoms with Gasteiger partial charge in [0.1, 0.15) is 5.82 Å². The maximum Gasteiger partial charge on any atom is 0.234 e. The molecule has 0 aliphatic rings. The Bertz CT molecular complexity index is 946. The smallest absolute Gasteiger partial charge is 0.234 e. The van der Waals surface area contributed by atoms with Crippen LogP contribution in [0.1, 0.15) is 11.3 Å². The number of halogens is 1. The number of nitrogens with zero attached hydrogens (tertiary/aromatic N) is 1. The van der Waals surface area contributed by atoms with Gasteiger partial charge in [0.15, 0.2) is 4.34 Å². The van der Waals surface area contributed by atoms with Crippen LogP contribution in [0.3, 0.4) is 0 Å². The first kappa shape index (κ1) is 21.0. The Morgan fingerprint density at radius 3 is 2.55 bits per heavy atom. The molecule has 0 aliphatic heterocycles. The molecule has 1 aromatic heterocycles. The normalized spacial score (nSPS) is 10.5. The summed E-state index contributed by atoms with van der Waals surface area (Å²) in [7, 11) is 0. The van der Waals surface area contributed by atoms with Gasteiger partial charge in [-0.25, -0.2) is 9.37 Å². The van der Waals surface area contributed by atoms with E-state index in [0.717, 1.165) is 10.8 Å². The summed E-state index contributed by atoms with van der Waals surface area (Å²) >= 11 is 2.71. The average molecular weight is 430 g/mol. The van der Waals surface area contributed by atoms with E-state index >= 15 is 0 Å². The molecule has 0 bridgehead atoms. The van der Waals surface area contributed by atoms with Gasteiger partial charge in [0.25, 0.3) is 0 Å². The second-order valence-electron chi connectivity index (χ2n) is 6.21. The van der Waals surface area contributed by atoms with Gasteiger partial charge in [-0.2, -0.15) is 0 Å². The first-order valence-electron chi connectivity index (χ1n) is 9.02. The zero-order valence-electron chi connectivity index (χ0n) is 15.6. The Morgan fingerprint density at radius 2 is 1.79 bits per heavy atom. The molecular weight excluding hydrogens is 409 g/mol. The summed E-state index contributed by atoms with van der Waals surface area (Å²) < 4.78 is 13.6. The molecule has 0 radical (unpaired) electrons. The number of thioether (sulfide) groups is 1. The standard InChI is InChI=1S/C21H20FN3O2S2/c22-16-6-8-17(9-7-16)24-20(27)14-29-21-25-18(13-28-21)12-19(26)23-11-10-15-4-2-1-3-5-15/h1-9,13H,10-12,14H2,(H,23,26)(H,24,27). The zero-order valence-corrected chi connectivity index (χ0v) is 17.2. The Kier molecular flexibility index (Phi) is 7.77. The molecule has 0 spiro atoms. The molecule has 150 valence electrons. The Labute approximate surface area is 176 Å². The third-order valence-corrected chi connectivity index (χ3v) is 5.98. The van der Waals surface area contributed by atoms with Gasteiger partial charge in [-0.1, -0.05) is 42.1 Å². The predicted molar refractivity (Wildman–Crippen MR) is 115 cm³/mol. The molecule has 8 heteroatoms. The van der Waals surface area contributed by atoms with Crippen LogP contribution in [0.25, 0.3) is 0 Å². The number of hydrogen-bond acceptors (Lipinski definition) is 5. The van der Waals surface area contributed by atoms with Gasteiger partial charge in [-0.3, -0.25) is 9.59 Å². The SMILES string of the molecule is O=C(Cc1csc(SCC(=O)Nc2ccc(F)cc2)n1)NCCc1ccccc1. The van der Waals surface area contributed by atoms with Crippen LogP contribution >= 0.6 is 23.1 Å². The topological polar surface area (TPSA) is 71.1 Å². The average Bonchev–Trinajstić information content (AvgIpc) is 3.16. The van der Waals surface area contributed by atoms with E-state index in [2.05, 4.69) is 15.6 Å². The van der Waals surface area contributed by atoms with E-state index < -0.39 is 0 Å². The quantitative estimate of drug-likeness (QED) is 0.506. The molecule has 3 aromatic rings. The number of rotatable bonds is 9. The minimum absolute atomic E-state index is 0.0724. The first-order valence-corrected chi connectivity index (χ1v) is 10.9. The molecule has 2 amide bonds. The molecule has 0 fully saturated rings. The summed E-state index contributed by atoms with van der Waals surface area (Å²) in [6.45, 7) is 0.581. The molecule has 0 aliphatic carbocycles. The van der Waals surface area contributed by atoms with Crippen molar-refractivity contribution in [3.63, 3.8) is 0 Å². The van der Waals surface area contributed by atoms with Crippen LogP contribution < -0.4 is 10.6 Å². The fourth-order valence-electron chi connectivity index (χ4n) is 2.51. The van der Waals surface area contributed by atoms with Crippen molar-refractivity contribution in [3.8, 4) is 0 Å². The summed E-state index contributed by atoms with van der Waals surface area (Å²) in [5, 5.41) is 7.43. The Balaban J connectivity index is 1.37. The van der Waals surface area contributed by atoms with Gasteiger partial charge in [0.2, 0.25) is 11.8 Å². The van der Waals surface area contributed by atoms with Gasteiger partial charge in [-0.15, -0.1) is 11.3 Å². The highest BCUT2D eigenvalue weighted by Gasteiger charge is 2.10. The summed E-state index contributed by atoms with van der Waals surface area (Å²) in [5.74, 6) is -0.432. The highest BCUT2D eigenvalue weighted by atomic mass is 32.2. The number of carbonyl (C=O) groups is 2. The van der Waals surface area contributed by atoms with Crippen LogP contribution in [-0.4, -0.2) is 29.1 Å². The molecule has 3 rings (SSSR count). The maximum atomic E-state index is 12.9. The van der Waals surface area contributed by atoms with Gasteiger partial charge < -0.3 is 10.6 Å². The van der Waals surface area contributed by atoms with Crippen molar-refractivity contribution in [2.75, 3.05) is 17.6 Å². The van der Waals surface area contributed by atoms with Crippen LogP contribution in [0.15, 0.2) is 64.3 Å². The number of hydrogen-bond donors (Lipinski definition) is 2. The molecule has 0 saturated carbocycles. The number of anilines is 1. The van der Waals surface area contributed by atoms with Gasteiger partial charge in [0.05, 0.1) is 17.9 Å². The van der Waals surface area contributed by atoms with Crippen molar-refractivity contribution >= 4 is 40.6 Å². The van der Waals surface area contributed by atoms with Crippen molar-refractivity contribution < 1.29 is 14.0 Å². The number of carbonyl (C=O) groups excluding carboxylic acids is 2. The first-order chi connectivity index (χ1) is 14.1. The second kappa shape index (κ2) is 10.7. The summed E-state index contributed by atoms with van der Waals surface area (Å²) in [6.07, 6.45) is 1.00. The molecule has 2 aromatic carbocycles. The lowest BCUT2D eigenvalue weighted by Crippen LogP contribution is -2.27. The Hall–Kier alpha value is -2.71. The lowest BCUT2D eigenvalue weighted by molar-refractivity contribution is -0.120. The molecular formula is C21H20FN3O2S2. The van der Waals surface area contributed by atoms with Crippen molar-refractivity contribution in [3.05, 3.63) is 77.1 Å². The molecule has 29 heavy (non-hydrogen) atoms. The van der Waals surface area contributed by atoms with Crippen LogP contribution in [0.4, 0.5) is 10.1 Å². The van der Waals surface area contributed by atoms with Crippen molar-refractivity contribution in [1.29, 1.82) is 0 Å². The van der Waals surface area contributed by atoms with E-state index in [9.17, 15) is 14.0 Å². The summed E-state index contributed by atoms with van der Waals surface area (Å²) in [6, 6.07) is 15.6. The van der Waals surface area contributed by atoms with E-state index in [1.165, 1.54) is 52.9 Å². The van der Waals surface area contributed by atoms with Gasteiger partial charge in [-0.05, 0) is 36.2 Å². The third-order valence-electron chi connectivity index (χ3n) is 3.91. The monoisotopic (exact) mass is 429 g/mol. The van der Waals surface area contributed by atoms with Crippen LogP contribution in [0, 0.1) is 5.82 Å². The number of benzene rings is 2. The number of nitrogens with one attached hydrogen (secondary N) is 2. The molecule has 0 saturated heterocycles. The van der Waals surface area contributed by atoms with Crippen molar-refractivity contribution in [2.24, 2.45) is 0 Å². The van der Waals surface area contributed by atoms with E-state index in [0.29, 0.717) is 17.9 Å². The van der Waals surface area contributed by atoms with E-state index in [4.69, 9.17) is 0 Å². The fraction of sp³-hybridized carbons (Fsp3) is 0.190. The van der Waals surface area contributed by atoms with Gasteiger partial charge >= 0.3 is 0 Å². The molecule has 5 nitrogen and oxygen atoms in total. The highest BCUT2D eigenvalue weighted by Crippen LogP contribution is 2.23. The number of thiazole rings is 1. The van der Waals surface area contributed by atoms with Crippen LogP contribution in [0.5, 0.6) is 0 Å².